The molecule has 2 N–H and O–H groups in total. The summed E-state index contributed by atoms with van der Waals surface area (Å²) in [7, 11) is 0. The van der Waals surface area contributed by atoms with E-state index in [1.54, 1.807) is 52.8 Å². The molecule has 0 spiro atoms. The van der Waals surface area contributed by atoms with Gasteiger partial charge in [0.05, 0.1) is 16.7 Å². The van der Waals surface area contributed by atoms with Crippen LogP contribution in [0.25, 0.3) is 11.3 Å². The molecule has 0 atom stereocenters. The van der Waals surface area contributed by atoms with Crippen LogP contribution in [0.5, 0.6) is 0 Å². The summed E-state index contributed by atoms with van der Waals surface area (Å²) in [5.41, 5.74) is 4.71. The number of benzene rings is 1. The number of alkyl halides is 3. The topological polar surface area (TPSA) is 65.2 Å². The van der Waals surface area contributed by atoms with Crippen molar-refractivity contribution in [1.29, 1.82) is 0 Å². The first-order chi connectivity index (χ1) is 12.7. The molecular formula is C21H25F3N2O2. The van der Waals surface area contributed by atoms with Gasteiger partial charge in [0.2, 0.25) is 0 Å². The van der Waals surface area contributed by atoms with E-state index in [4.69, 9.17) is 10.5 Å². The van der Waals surface area contributed by atoms with Gasteiger partial charge in [-0.25, -0.2) is 4.98 Å². The van der Waals surface area contributed by atoms with Gasteiger partial charge in [-0.15, -0.1) is 0 Å². The van der Waals surface area contributed by atoms with Gasteiger partial charge in [-0.1, -0.05) is 18.2 Å². The fourth-order valence-corrected chi connectivity index (χ4v) is 2.70. The van der Waals surface area contributed by atoms with Gasteiger partial charge in [-0.05, 0) is 64.8 Å². The number of esters is 1. The fourth-order valence-electron chi connectivity index (χ4n) is 2.70. The van der Waals surface area contributed by atoms with E-state index >= 15 is 0 Å². The highest BCUT2D eigenvalue weighted by molar-refractivity contribution is 5.77. The molecule has 4 nitrogen and oxygen atoms in total. The van der Waals surface area contributed by atoms with E-state index in [1.165, 1.54) is 0 Å². The number of hydrogen-bond donors (Lipinski definition) is 1. The molecule has 2 aromatic rings. The van der Waals surface area contributed by atoms with Crippen molar-refractivity contribution in [3.63, 3.8) is 0 Å². The lowest BCUT2D eigenvalue weighted by atomic mass is 9.85. The normalized spacial score (nSPS) is 12.7. The molecule has 0 saturated heterocycles. The summed E-state index contributed by atoms with van der Waals surface area (Å²) >= 11 is 0. The van der Waals surface area contributed by atoms with E-state index in [0.717, 1.165) is 17.7 Å². The van der Waals surface area contributed by atoms with E-state index in [1.807, 2.05) is 6.07 Å². The average Bonchev–Trinajstić information content (AvgIpc) is 2.51. The highest BCUT2D eigenvalue weighted by Gasteiger charge is 2.33. The Hall–Kier alpha value is -2.57. The van der Waals surface area contributed by atoms with Gasteiger partial charge in [0, 0.05) is 5.56 Å². The minimum Gasteiger partial charge on any atom is -0.460 e. The van der Waals surface area contributed by atoms with Gasteiger partial charge < -0.3 is 10.5 Å². The maximum absolute atomic E-state index is 13.1. The van der Waals surface area contributed by atoms with Gasteiger partial charge in [0.25, 0.3) is 0 Å². The predicted molar refractivity (Wildman–Crippen MR) is 102 cm³/mol. The highest BCUT2D eigenvalue weighted by Crippen LogP contribution is 2.33. The molecule has 0 bridgehead atoms. The zero-order valence-corrected chi connectivity index (χ0v) is 16.6. The number of pyridine rings is 1. The van der Waals surface area contributed by atoms with Crippen LogP contribution in [0.1, 0.15) is 45.7 Å². The monoisotopic (exact) mass is 394 g/mol. The summed E-state index contributed by atoms with van der Waals surface area (Å²) in [6, 6.07) is 8.67. The Labute approximate surface area is 162 Å². The van der Waals surface area contributed by atoms with Crippen LogP contribution in [0.3, 0.4) is 0 Å². The number of halogens is 3. The lowest BCUT2D eigenvalue weighted by Gasteiger charge is -2.28. The maximum atomic E-state index is 13.1. The number of aromatic nitrogens is 1. The zero-order chi connectivity index (χ0) is 21.3. The molecule has 1 aromatic carbocycles. The number of carbonyl (C=O) groups is 1. The molecular weight excluding hydrogens is 369 g/mol. The number of hydrogen-bond acceptors (Lipinski definition) is 4. The van der Waals surface area contributed by atoms with Crippen LogP contribution in [0, 0.1) is 5.41 Å². The third-order valence-corrected chi connectivity index (χ3v) is 3.99. The molecule has 0 radical (unpaired) electrons. The molecule has 0 unspecified atom stereocenters. The molecule has 0 saturated carbocycles. The van der Waals surface area contributed by atoms with E-state index in [-0.39, 0.29) is 17.5 Å². The van der Waals surface area contributed by atoms with E-state index < -0.39 is 22.8 Å². The Morgan fingerprint density at radius 2 is 1.71 bits per heavy atom. The first-order valence-corrected chi connectivity index (χ1v) is 8.85. The Balaban J connectivity index is 2.33. The summed E-state index contributed by atoms with van der Waals surface area (Å²) in [6.45, 7) is 8.93. The van der Waals surface area contributed by atoms with Gasteiger partial charge >= 0.3 is 12.1 Å². The lowest BCUT2D eigenvalue weighted by Crippen LogP contribution is -2.35. The second kappa shape index (κ2) is 7.45. The smallest absolute Gasteiger partial charge is 0.416 e. The van der Waals surface area contributed by atoms with E-state index in [9.17, 15) is 18.0 Å². The average molecular weight is 394 g/mol. The summed E-state index contributed by atoms with van der Waals surface area (Å²) in [6.07, 6.45) is -4.15. The van der Waals surface area contributed by atoms with E-state index in [2.05, 4.69) is 4.98 Å². The quantitative estimate of drug-likeness (QED) is 0.719. The molecule has 1 heterocycles. The largest absolute Gasteiger partial charge is 0.460 e. The molecule has 7 heteroatoms. The molecule has 1 aromatic heterocycles. The molecule has 28 heavy (non-hydrogen) atoms. The Kier molecular flexibility index (Phi) is 5.78. The van der Waals surface area contributed by atoms with E-state index in [0.29, 0.717) is 12.0 Å². The van der Waals surface area contributed by atoms with Crippen molar-refractivity contribution in [1.82, 2.24) is 4.98 Å². The standard InChI is InChI=1S/C21H25F3N2O2/c1-19(2,3)28-18(27)20(4,5)12-13-7-6-8-14(9-13)16-10-15(21(22,23)24)11-17(25)26-16/h6-11H,12H2,1-5H3,(H2,25,26). The van der Waals surface area contributed by atoms with Crippen LogP contribution in [0.15, 0.2) is 36.4 Å². The van der Waals surface area contributed by atoms with Crippen LogP contribution >= 0.6 is 0 Å². The minimum absolute atomic E-state index is 0.129. The minimum atomic E-state index is -4.51. The van der Waals surface area contributed by atoms with Crippen LogP contribution in [0.2, 0.25) is 0 Å². The van der Waals surface area contributed by atoms with Crippen molar-refractivity contribution in [3.05, 3.63) is 47.5 Å². The first kappa shape index (κ1) is 21.7. The molecule has 0 aliphatic rings. The molecule has 0 aliphatic carbocycles. The third kappa shape index (κ3) is 5.71. The van der Waals surface area contributed by atoms with Crippen LogP contribution < -0.4 is 5.73 Å². The predicted octanol–water partition coefficient (Wildman–Crippen LogP) is 5.26. The van der Waals surface area contributed by atoms with Gasteiger partial charge in [0.1, 0.15) is 11.4 Å². The fraction of sp³-hybridized carbons (Fsp3) is 0.429. The SMILES string of the molecule is CC(C)(C)OC(=O)C(C)(C)Cc1cccc(-c2cc(C(F)(F)F)cc(N)n2)c1. The number of nitrogens with two attached hydrogens (primary N) is 1. The molecule has 152 valence electrons. The second-order valence-corrected chi connectivity index (χ2v) is 8.43. The lowest BCUT2D eigenvalue weighted by molar-refractivity contribution is -0.165. The number of ether oxygens (including phenoxy) is 1. The molecule has 0 fully saturated rings. The zero-order valence-electron chi connectivity index (χ0n) is 16.6. The summed E-state index contributed by atoms with van der Waals surface area (Å²) in [5.74, 6) is -0.545. The maximum Gasteiger partial charge on any atom is 0.416 e. The van der Waals surface area contributed by atoms with Crippen molar-refractivity contribution < 1.29 is 22.7 Å². The number of nitrogens with zero attached hydrogens (tertiary/aromatic N) is 1. The first-order valence-electron chi connectivity index (χ1n) is 8.85. The number of rotatable bonds is 4. The van der Waals surface area contributed by atoms with Crippen LogP contribution in [0.4, 0.5) is 19.0 Å². The number of carbonyl (C=O) groups excluding carboxylic acids is 1. The van der Waals surface area contributed by atoms with Crippen LogP contribution in [-0.4, -0.2) is 16.6 Å². The van der Waals surface area contributed by atoms with Crippen molar-refractivity contribution in [2.45, 2.75) is 52.8 Å². The van der Waals surface area contributed by atoms with Crippen molar-refractivity contribution >= 4 is 11.8 Å². The Bertz CT molecular complexity index is 869. The molecule has 0 aliphatic heterocycles. The molecule has 0 amide bonds. The van der Waals surface area contributed by atoms with Crippen molar-refractivity contribution in [2.24, 2.45) is 5.41 Å². The second-order valence-electron chi connectivity index (χ2n) is 8.43. The Morgan fingerprint density at radius 3 is 2.29 bits per heavy atom. The van der Waals surface area contributed by atoms with Crippen molar-refractivity contribution in [3.8, 4) is 11.3 Å². The Morgan fingerprint density at radius 1 is 1.07 bits per heavy atom. The highest BCUT2D eigenvalue weighted by atomic mass is 19.4. The third-order valence-electron chi connectivity index (χ3n) is 3.99. The van der Waals surface area contributed by atoms with Crippen molar-refractivity contribution in [2.75, 3.05) is 5.73 Å². The summed E-state index contributed by atoms with van der Waals surface area (Å²) in [5, 5.41) is 0. The number of nitrogen functional groups attached to an aromatic ring is 1. The molecule has 2 rings (SSSR count). The summed E-state index contributed by atoms with van der Waals surface area (Å²) in [4.78, 5) is 16.5. The van der Waals surface area contributed by atoms with Crippen LogP contribution in [-0.2, 0) is 22.1 Å². The summed E-state index contributed by atoms with van der Waals surface area (Å²) < 4.78 is 44.6. The number of anilines is 1. The van der Waals surface area contributed by atoms with Gasteiger partial charge in [0.15, 0.2) is 0 Å². The van der Waals surface area contributed by atoms with Gasteiger partial charge in [-0.2, -0.15) is 13.2 Å². The van der Waals surface area contributed by atoms with Gasteiger partial charge in [-0.3, -0.25) is 4.79 Å².